The molecule has 2 aromatic rings. The van der Waals surface area contributed by atoms with E-state index >= 15 is 0 Å². The summed E-state index contributed by atoms with van der Waals surface area (Å²) in [4.78, 5) is 0. The zero-order chi connectivity index (χ0) is 21.9. The summed E-state index contributed by atoms with van der Waals surface area (Å²) in [5, 5.41) is 29.4. The van der Waals surface area contributed by atoms with Crippen molar-refractivity contribution in [3.05, 3.63) is 64.7 Å². The van der Waals surface area contributed by atoms with Crippen LogP contribution in [0.4, 0.5) is 8.78 Å². The van der Waals surface area contributed by atoms with Crippen molar-refractivity contribution in [3.63, 3.8) is 0 Å². The number of hydrogen-bond donors (Lipinski definition) is 3. The van der Waals surface area contributed by atoms with E-state index in [1.807, 2.05) is 44.2 Å². The molecule has 0 saturated carbocycles. The molecule has 4 atom stereocenters. The summed E-state index contributed by atoms with van der Waals surface area (Å²) >= 11 is 0. The number of aliphatic hydroxyl groups excluding tert-OH is 3. The number of halogens is 2. The van der Waals surface area contributed by atoms with Crippen molar-refractivity contribution in [2.24, 2.45) is 0 Å². The van der Waals surface area contributed by atoms with E-state index in [1.54, 1.807) is 12.1 Å². The van der Waals surface area contributed by atoms with E-state index in [9.17, 15) is 24.1 Å². The number of rotatable bonds is 7. The SMILES string of the molecule is CCCOc1ccc(Cc2cc([C@H]3O[C@@H](CO)C(F)(F)[C@H](O)[C@H]3O)ccc2C)cc1. The molecule has 30 heavy (non-hydrogen) atoms. The maximum atomic E-state index is 14.0. The number of ether oxygens (including phenoxy) is 2. The molecule has 164 valence electrons. The third-order valence-corrected chi connectivity index (χ3v) is 5.43. The van der Waals surface area contributed by atoms with Crippen LogP contribution in [-0.2, 0) is 11.2 Å². The van der Waals surface area contributed by atoms with Gasteiger partial charge in [-0.3, -0.25) is 0 Å². The maximum Gasteiger partial charge on any atom is 0.303 e. The van der Waals surface area contributed by atoms with E-state index in [1.165, 1.54) is 0 Å². The second-order valence-electron chi connectivity index (χ2n) is 7.69. The second kappa shape index (κ2) is 9.39. The van der Waals surface area contributed by atoms with Crippen LogP contribution in [0, 0.1) is 6.92 Å². The number of alkyl halides is 2. The van der Waals surface area contributed by atoms with Crippen molar-refractivity contribution < 1.29 is 33.6 Å². The van der Waals surface area contributed by atoms with Gasteiger partial charge in [-0.2, -0.15) is 0 Å². The summed E-state index contributed by atoms with van der Waals surface area (Å²) in [7, 11) is 0. The molecule has 1 aliphatic heterocycles. The van der Waals surface area contributed by atoms with Gasteiger partial charge < -0.3 is 24.8 Å². The highest BCUT2D eigenvalue weighted by atomic mass is 19.3. The van der Waals surface area contributed by atoms with Crippen LogP contribution in [0.25, 0.3) is 0 Å². The Kier molecular flexibility index (Phi) is 7.08. The van der Waals surface area contributed by atoms with Crippen LogP contribution < -0.4 is 4.74 Å². The van der Waals surface area contributed by atoms with Crippen molar-refractivity contribution in [3.8, 4) is 5.75 Å². The van der Waals surface area contributed by atoms with Crippen molar-refractivity contribution in [2.75, 3.05) is 13.2 Å². The molecule has 1 saturated heterocycles. The largest absolute Gasteiger partial charge is 0.494 e. The number of aryl methyl sites for hydroxylation is 1. The maximum absolute atomic E-state index is 14.0. The van der Waals surface area contributed by atoms with Crippen molar-refractivity contribution in [2.45, 2.75) is 57.0 Å². The molecule has 0 aromatic heterocycles. The standard InChI is InChI=1S/C23H28F2O5/c1-3-10-29-18-8-5-15(6-9-18)11-17-12-16(7-4-14(17)2)21-20(27)22(28)23(24,25)19(13-26)30-21/h4-9,12,19-22,26-28H,3,10-11,13H2,1-2H3/t19-,20-,21+,22+/m0/s1. The van der Waals surface area contributed by atoms with Gasteiger partial charge >= 0.3 is 5.92 Å². The molecule has 0 amide bonds. The highest BCUT2D eigenvalue weighted by Crippen LogP contribution is 2.41. The summed E-state index contributed by atoms with van der Waals surface area (Å²) in [6.07, 6.45) is -5.66. The molecule has 0 bridgehead atoms. The Bertz CT molecular complexity index is 836. The lowest BCUT2D eigenvalue weighted by Crippen LogP contribution is -2.59. The molecular formula is C23H28F2O5. The molecule has 0 unspecified atom stereocenters. The van der Waals surface area contributed by atoms with Crippen LogP contribution in [0.3, 0.4) is 0 Å². The van der Waals surface area contributed by atoms with Crippen LogP contribution in [0.2, 0.25) is 0 Å². The van der Waals surface area contributed by atoms with Gasteiger partial charge in [0, 0.05) is 0 Å². The van der Waals surface area contributed by atoms with Gasteiger partial charge in [0.05, 0.1) is 13.2 Å². The monoisotopic (exact) mass is 422 g/mol. The molecule has 0 radical (unpaired) electrons. The van der Waals surface area contributed by atoms with Crippen LogP contribution in [-0.4, -0.2) is 52.8 Å². The van der Waals surface area contributed by atoms with Gasteiger partial charge in [-0.05, 0) is 54.2 Å². The normalized spacial score (nSPS) is 25.8. The molecule has 1 aliphatic rings. The lowest BCUT2D eigenvalue weighted by Gasteiger charge is -2.42. The Morgan fingerprint density at radius 2 is 1.80 bits per heavy atom. The van der Waals surface area contributed by atoms with E-state index in [2.05, 4.69) is 0 Å². The average molecular weight is 422 g/mol. The van der Waals surface area contributed by atoms with E-state index in [0.29, 0.717) is 18.6 Å². The van der Waals surface area contributed by atoms with Crippen LogP contribution >= 0.6 is 0 Å². The molecular weight excluding hydrogens is 394 g/mol. The second-order valence-corrected chi connectivity index (χ2v) is 7.69. The smallest absolute Gasteiger partial charge is 0.303 e. The predicted octanol–water partition coefficient (Wildman–Crippen LogP) is 3.16. The van der Waals surface area contributed by atoms with E-state index in [-0.39, 0.29) is 0 Å². The summed E-state index contributed by atoms with van der Waals surface area (Å²) in [5.74, 6) is -2.94. The molecule has 1 heterocycles. The topological polar surface area (TPSA) is 79.2 Å². The van der Waals surface area contributed by atoms with Gasteiger partial charge in [-0.1, -0.05) is 37.3 Å². The fourth-order valence-electron chi connectivity index (χ4n) is 3.57. The summed E-state index contributed by atoms with van der Waals surface area (Å²) < 4.78 is 39.0. The van der Waals surface area contributed by atoms with Crippen LogP contribution in [0.1, 0.15) is 41.7 Å². The first-order valence-corrected chi connectivity index (χ1v) is 10.1. The highest BCUT2D eigenvalue weighted by molar-refractivity contribution is 5.38. The molecule has 3 N–H and O–H groups in total. The number of benzene rings is 2. The summed E-state index contributed by atoms with van der Waals surface area (Å²) in [5.41, 5.74) is 3.46. The van der Waals surface area contributed by atoms with E-state index in [4.69, 9.17) is 9.47 Å². The van der Waals surface area contributed by atoms with Crippen molar-refractivity contribution >= 4 is 0 Å². The van der Waals surface area contributed by atoms with E-state index in [0.717, 1.165) is 28.9 Å². The predicted molar refractivity (Wildman–Crippen MR) is 108 cm³/mol. The zero-order valence-electron chi connectivity index (χ0n) is 17.1. The molecule has 7 heteroatoms. The Morgan fingerprint density at radius 1 is 1.10 bits per heavy atom. The fourth-order valence-corrected chi connectivity index (χ4v) is 3.57. The summed E-state index contributed by atoms with van der Waals surface area (Å²) in [6, 6.07) is 13.0. The first-order chi connectivity index (χ1) is 14.3. The van der Waals surface area contributed by atoms with Crippen LogP contribution in [0.5, 0.6) is 5.75 Å². The molecule has 5 nitrogen and oxygen atoms in total. The Balaban J connectivity index is 1.81. The van der Waals surface area contributed by atoms with E-state index < -0.39 is 36.9 Å². The fraction of sp³-hybridized carbons (Fsp3) is 0.478. The Morgan fingerprint density at radius 3 is 2.43 bits per heavy atom. The number of aliphatic hydroxyl groups is 3. The van der Waals surface area contributed by atoms with Gasteiger partial charge in [-0.15, -0.1) is 0 Å². The van der Waals surface area contributed by atoms with Crippen LogP contribution in [0.15, 0.2) is 42.5 Å². The van der Waals surface area contributed by atoms with Gasteiger partial charge in [-0.25, -0.2) is 8.78 Å². The molecule has 3 rings (SSSR count). The minimum absolute atomic E-state index is 0.471. The van der Waals surface area contributed by atoms with Gasteiger partial charge in [0.1, 0.15) is 30.2 Å². The van der Waals surface area contributed by atoms with Crippen molar-refractivity contribution in [1.82, 2.24) is 0 Å². The van der Waals surface area contributed by atoms with Gasteiger partial charge in [0.15, 0.2) is 0 Å². The quantitative estimate of drug-likeness (QED) is 0.639. The summed E-state index contributed by atoms with van der Waals surface area (Å²) in [6.45, 7) is 3.68. The molecule has 1 fully saturated rings. The van der Waals surface area contributed by atoms with Crippen molar-refractivity contribution in [1.29, 1.82) is 0 Å². The third-order valence-electron chi connectivity index (χ3n) is 5.43. The Hall–Kier alpha value is -2.06. The zero-order valence-corrected chi connectivity index (χ0v) is 17.1. The lowest BCUT2D eigenvalue weighted by molar-refractivity contribution is -0.296. The third kappa shape index (κ3) is 4.64. The number of hydrogen-bond acceptors (Lipinski definition) is 5. The minimum atomic E-state index is -3.74. The highest BCUT2D eigenvalue weighted by Gasteiger charge is 2.57. The lowest BCUT2D eigenvalue weighted by atomic mass is 9.88. The average Bonchev–Trinajstić information content (AvgIpc) is 2.73. The molecule has 2 aromatic carbocycles. The van der Waals surface area contributed by atoms with Gasteiger partial charge in [0.2, 0.25) is 0 Å². The molecule has 0 aliphatic carbocycles. The minimum Gasteiger partial charge on any atom is -0.494 e. The first-order valence-electron chi connectivity index (χ1n) is 10.1. The molecule has 0 spiro atoms. The first kappa shape index (κ1) is 22.6. The van der Waals surface area contributed by atoms with Gasteiger partial charge in [0.25, 0.3) is 0 Å². The Labute approximate surface area is 174 Å².